The van der Waals surface area contributed by atoms with Crippen molar-refractivity contribution in [2.24, 2.45) is 0 Å². The number of hydrogen-bond acceptors (Lipinski definition) is 13. The summed E-state index contributed by atoms with van der Waals surface area (Å²) in [6.07, 6.45) is 3.73. The zero-order valence-corrected chi connectivity index (χ0v) is 36.5. The van der Waals surface area contributed by atoms with E-state index in [0.29, 0.717) is 47.8 Å². The lowest BCUT2D eigenvalue weighted by atomic mass is 9.89. The third-order valence-corrected chi connectivity index (χ3v) is 13.4. The number of nitrogens with one attached hydrogen (secondary N) is 5. The van der Waals surface area contributed by atoms with Gasteiger partial charge in [0.2, 0.25) is 27.8 Å². The van der Waals surface area contributed by atoms with Crippen molar-refractivity contribution in [1.82, 2.24) is 30.4 Å². The van der Waals surface area contributed by atoms with Gasteiger partial charge in [-0.05, 0) is 127 Å². The Morgan fingerprint density at radius 2 is 1.67 bits per heavy atom. The van der Waals surface area contributed by atoms with Gasteiger partial charge in [0.1, 0.15) is 29.2 Å². The molecule has 1 unspecified atom stereocenters. The highest BCUT2D eigenvalue weighted by Crippen LogP contribution is 2.35. The number of amides is 5. The number of ether oxygens (including phenoxy) is 1. The van der Waals surface area contributed by atoms with Crippen LogP contribution in [-0.4, -0.2) is 101 Å². The minimum atomic E-state index is -3.88. The molecule has 5 amide bonds. The number of aromatic nitrogens is 2. The summed E-state index contributed by atoms with van der Waals surface area (Å²) in [5, 5.41) is 11.1. The number of halogens is 2. The second-order valence-electron chi connectivity index (χ2n) is 16.9. The Kier molecular flexibility index (Phi) is 13.3. The van der Waals surface area contributed by atoms with E-state index in [0.717, 1.165) is 36.9 Å². The molecule has 2 saturated heterocycles. The second-order valence-corrected chi connectivity index (χ2v) is 19.3. The number of carbonyl (C=O) groups excluding carboxylic acids is 5. The quantitative estimate of drug-likeness (QED) is 0.0761. The molecule has 338 valence electrons. The Morgan fingerprint density at radius 3 is 2.39 bits per heavy atom. The van der Waals surface area contributed by atoms with Gasteiger partial charge in [-0.15, -0.1) is 0 Å². The van der Waals surface area contributed by atoms with Crippen LogP contribution in [0.3, 0.4) is 0 Å². The van der Waals surface area contributed by atoms with Crippen molar-refractivity contribution in [1.29, 1.82) is 0 Å². The smallest absolute Gasteiger partial charge is 0.266 e. The molecule has 3 aliphatic rings. The van der Waals surface area contributed by atoms with E-state index in [-0.39, 0.29) is 53.1 Å². The number of hydrogen-bond donors (Lipinski definition) is 5. The lowest BCUT2D eigenvalue weighted by Gasteiger charge is -2.32. The summed E-state index contributed by atoms with van der Waals surface area (Å²) in [6, 6.07) is 12.2. The molecule has 64 heavy (non-hydrogen) atoms. The molecule has 3 aromatic carbocycles. The van der Waals surface area contributed by atoms with Crippen LogP contribution < -0.4 is 30.7 Å². The van der Waals surface area contributed by atoms with Crippen LogP contribution in [0.2, 0.25) is 0 Å². The van der Waals surface area contributed by atoms with Gasteiger partial charge >= 0.3 is 0 Å². The Labute approximate surface area is 368 Å². The molecule has 1 atom stereocenters. The molecule has 17 nitrogen and oxygen atoms in total. The van der Waals surface area contributed by atoms with Crippen LogP contribution in [0.1, 0.15) is 90.6 Å². The van der Waals surface area contributed by atoms with E-state index >= 15 is 4.39 Å². The van der Waals surface area contributed by atoms with Crippen LogP contribution in [-0.2, 0) is 24.4 Å². The predicted molar refractivity (Wildman–Crippen MR) is 233 cm³/mol. The average Bonchev–Trinajstić information content (AvgIpc) is 3.49. The maximum atomic E-state index is 15.5. The highest BCUT2D eigenvalue weighted by atomic mass is 32.2. The van der Waals surface area contributed by atoms with Gasteiger partial charge < -0.3 is 25.6 Å². The Bertz CT molecular complexity index is 2620. The zero-order valence-electron chi connectivity index (χ0n) is 35.7. The number of piperidine rings is 2. The maximum Gasteiger partial charge on any atom is 0.266 e. The monoisotopic (exact) mass is 901 g/mol. The van der Waals surface area contributed by atoms with E-state index in [9.17, 15) is 36.8 Å². The molecule has 0 radical (unpaired) electrons. The molecule has 5 N–H and O–H groups in total. The molecule has 3 aliphatic heterocycles. The predicted octanol–water partition coefficient (Wildman–Crippen LogP) is 5.26. The third-order valence-electron chi connectivity index (χ3n) is 11.3. The largest absolute Gasteiger partial charge is 0.483 e. The molecule has 0 aliphatic carbocycles. The molecular weight excluding hydrogens is 853 g/mol. The molecular formula is C44H49F2N9O8S. The first-order chi connectivity index (χ1) is 30.4. The van der Waals surface area contributed by atoms with Crippen molar-refractivity contribution in [3.05, 3.63) is 94.7 Å². The Hall–Kier alpha value is -6.54. The van der Waals surface area contributed by atoms with Gasteiger partial charge in [0.25, 0.3) is 17.7 Å². The maximum absolute atomic E-state index is 15.5. The highest BCUT2D eigenvalue weighted by Gasteiger charge is 2.46. The molecule has 2 fully saturated rings. The third kappa shape index (κ3) is 10.1. The number of benzene rings is 3. The first kappa shape index (κ1) is 45.5. The number of nitrogens with zero attached hydrogens (tertiary/aromatic N) is 4. The van der Waals surface area contributed by atoms with Gasteiger partial charge in [0.05, 0.1) is 21.6 Å². The first-order valence-corrected chi connectivity index (χ1v) is 22.3. The SMILES string of the molecule is Cc1cnc(Nc2ccc(C3CCN(CCCNC(=O)COc4cccc5c4C(=O)N(C4CCC(=O)NC4=O)C5=O)CC3)c(F)c2)nc1Nc1ccc(F)c(NS(=O)(=O)C(C)(C)C)c1. The van der Waals surface area contributed by atoms with Gasteiger partial charge in [-0.3, -0.25) is 38.9 Å². The minimum absolute atomic E-state index is 0.00275. The fraction of sp³-hybridized carbons (Fsp3) is 0.386. The fourth-order valence-corrected chi connectivity index (χ4v) is 8.36. The zero-order chi connectivity index (χ0) is 45.9. The van der Waals surface area contributed by atoms with Gasteiger partial charge in [-0.25, -0.2) is 22.2 Å². The number of imide groups is 2. The topological polar surface area (TPSA) is 221 Å². The lowest BCUT2D eigenvalue weighted by molar-refractivity contribution is -0.136. The van der Waals surface area contributed by atoms with Crippen molar-refractivity contribution < 1.29 is 45.9 Å². The van der Waals surface area contributed by atoms with E-state index in [1.807, 2.05) is 0 Å². The van der Waals surface area contributed by atoms with Crippen LogP contribution in [0.15, 0.2) is 60.8 Å². The average molecular weight is 902 g/mol. The highest BCUT2D eigenvalue weighted by molar-refractivity contribution is 7.94. The summed E-state index contributed by atoms with van der Waals surface area (Å²) < 4.78 is 62.2. The standard InChI is InChI=1S/C44H49F2N9O8S/c1-25-23-48-43(52-39(25)49-28-10-12-31(45)33(22-28)53-64(61,62)44(2,3)4)50-27-9-11-29(32(46)21-27)26-15-19-54(20-16-26)18-6-17-47-37(57)24-63-35-8-5-7-30-38(35)42(60)55(41(30)59)34-13-14-36(56)51-40(34)58/h5,7-12,21-23,26,34,53H,6,13-20,24H2,1-4H3,(H,47,57)(H,51,56,58)(H2,48,49,50,52). The van der Waals surface area contributed by atoms with Gasteiger partial charge in [0, 0.05) is 36.1 Å². The van der Waals surface area contributed by atoms with Crippen molar-refractivity contribution in [3.8, 4) is 5.75 Å². The summed E-state index contributed by atoms with van der Waals surface area (Å²) in [5.41, 5.74) is 1.90. The van der Waals surface area contributed by atoms with Crippen LogP contribution in [0.25, 0.3) is 0 Å². The fourth-order valence-electron chi connectivity index (χ4n) is 7.61. The molecule has 20 heteroatoms. The minimum Gasteiger partial charge on any atom is -0.483 e. The Morgan fingerprint density at radius 1 is 0.938 bits per heavy atom. The number of likely N-dealkylation sites (tertiary alicyclic amines) is 1. The van der Waals surface area contributed by atoms with Crippen LogP contribution in [0, 0.1) is 18.6 Å². The van der Waals surface area contributed by atoms with Crippen molar-refractivity contribution in [2.45, 2.75) is 76.5 Å². The van der Waals surface area contributed by atoms with Gasteiger partial charge in [0.15, 0.2) is 6.61 Å². The van der Waals surface area contributed by atoms with E-state index in [1.54, 1.807) is 25.3 Å². The summed E-state index contributed by atoms with van der Waals surface area (Å²) in [5.74, 6) is -3.48. The van der Waals surface area contributed by atoms with Gasteiger partial charge in [-0.2, -0.15) is 4.98 Å². The van der Waals surface area contributed by atoms with Crippen LogP contribution in [0.4, 0.5) is 37.6 Å². The number of carbonyl (C=O) groups is 5. The normalized spacial score (nSPS) is 17.2. The summed E-state index contributed by atoms with van der Waals surface area (Å²) in [6.45, 7) is 8.47. The number of anilines is 5. The van der Waals surface area contributed by atoms with E-state index in [4.69, 9.17) is 4.74 Å². The van der Waals surface area contributed by atoms with Crippen LogP contribution in [0.5, 0.6) is 5.75 Å². The van der Waals surface area contributed by atoms with E-state index in [1.165, 1.54) is 57.2 Å². The summed E-state index contributed by atoms with van der Waals surface area (Å²) in [7, 11) is -3.88. The second kappa shape index (κ2) is 18.7. The summed E-state index contributed by atoms with van der Waals surface area (Å²) >= 11 is 0. The van der Waals surface area contributed by atoms with Crippen molar-refractivity contribution >= 4 is 68.4 Å². The molecule has 1 aromatic heterocycles. The first-order valence-electron chi connectivity index (χ1n) is 20.8. The van der Waals surface area contributed by atoms with Gasteiger partial charge in [-0.1, -0.05) is 12.1 Å². The van der Waals surface area contributed by atoms with Crippen molar-refractivity contribution in [2.75, 3.05) is 48.1 Å². The molecule has 0 saturated carbocycles. The lowest BCUT2D eigenvalue weighted by Crippen LogP contribution is -2.54. The van der Waals surface area contributed by atoms with E-state index < -0.39 is 62.8 Å². The number of rotatable bonds is 15. The Balaban J connectivity index is 0.848. The number of aryl methyl sites for hydroxylation is 1. The molecule has 0 bridgehead atoms. The molecule has 0 spiro atoms. The van der Waals surface area contributed by atoms with Crippen molar-refractivity contribution in [3.63, 3.8) is 0 Å². The molecule has 4 heterocycles. The van der Waals surface area contributed by atoms with Crippen LogP contribution >= 0.6 is 0 Å². The van der Waals surface area contributed by atoms with E-state index in [2.05, 4.69) is 40.9 Å². The molecule has 4 aromatic rings. The molecule has 7 rings (SSSR count). The number of sulfonamides is 1. The number of fused-ring (bicyclic) bond motifs is 1. The summed E-state index contributed by atoms with van der Waals surface area (Å²) in [4.78, 5) is 74.9.